The summed E-state index contributed by atoms with van der Waals surface area (Å²) < 4.78 is 0. The Labute approximate surface area is 157 Å². The molecular weight excluding hydrogens is 340 g/mol. The molecule has 0 spiro atoms. The number of aromatic amines is 1. The second-order valence-corrected chi connectivity index (χ2v) is 8.17. The lowest BCUT2D eigenvalue weighted by Crippen LogP contribution is -2.41. The third kappa shape index (κ3) is 2.55. The molecule has 4 heteroatoms. The van der Waals surface area contributed by atoms with Crippen LogP contribution in [0, 0.1) is 5.92 Å². The van der Waals surface area contributed by atoms with Gasteiger partial charge in [-0.1, -0.05) is 30.3 Å². The van der Waals surface area contributed by atoms with E-state index in [-0.39, 0.29) is 12.0 Å². The zero-order valence-corrected chi connectivity index (χ0v) is 15.7. The number of aromatic nitrogens is 1. The number of para-hydroxylation sites is 1. The molecule has 132 valence electrons. The molecule has 26 heavy (non-hydrogen) atoms. The second-order valence-electron chi connectivity index (χ2n) is 7.29. The van der Waals surface area contributed by atoms with Crippen LogP contribution in [0.5, 0.6) is 0 Å². The van der Waals surface area contributed by atoms with Crippen LogP contribution in [0.3, 0.4) is 0 Å². The molecule has 1 saturated carbocycles. The first-order valence-corrected chi connectivity index (χ1v) is 10.5. The van der Waals surface area contributed by atoms with Gasteiger partial charge in [0.05, 0.1) is 6.04 Å². The molecule has 1 N–H and O–H groups in total. The first-order chi connectivity index (χ1) is 12.8. The van der Waals surface area contributed by atoms with Crippen molar-refractivity contribution in [3.63, 3.8) is 0 Å². The summed E-state index contributed by atoms with van der Waals surface area (Å²) in [6.07, 6.45) is 5.12. The Bertz CT molecular complexity index is 971. The van der Waals surface area contributed by atoms with E-state index in [4.69, 9.17) is 0 Å². The zero-order valence-electron chi connectivity index (χ0n) is 14.9. The summed E-state index contributed by atoms with van der Waals surface area (Å²) in [5, 5.41) is 1.30. The predicted molar refractivity (Wildman–Crippen MR) is 107 cm³/mol. The van der Waals surface area contributed by atoms with Gasteiger partial charge in [0.25, 0.3) is 0 Å². The monoisotopic (exact) mass is 362 g/mol. The first-order valence-electron chi connectivity index (χ1n) is 9.30. The SMILES string of the molecule is CSc1ccc([C@@H]2c3[nH]c4ccccc4c3CCN2C(=O)C2CC2)cc1. The van der Waals surface area contributed by atoms with Crippen LogP contribution in [0.15, 0.2) is 53.4 Å². The molecule has 1 aliphatic heterocycles. The van der Waals surface area contributed by atoms with Crippen LogP contribution < -0.4 is 0 Å². The molecule has 2 aliphatic rings. The standard InChI is InChI=1S/C22H22N2OS/c1-26-16-10-8-14(9-11-16)21-20-18(17-4-2-3-5-19(17)23-20)12-13-24(21)22(25)15-6-7-15/h2-5,8-11,15,21,23H,6-7,12-13H2,1H3/t21-/m1/s1. The fourth-order valence-electron chi connectivity index (χ4n) is 4.18. The Morgan fingerprint density at radius 3 is 2.62 bits per heavy atom. The van der Waals surface area contributed by atoms with Crippen LogP contribution in [0.1, 0.15) is 35.7 Å². The third-order valence-electron chi connectivity index (χ3n) is 5.68. The van der Waals surface area contributed by atoms with Gasteiger partial charge in [0, 0.05) is 34.0 Å². The number of fused-ring (bicyclic) bond motifs is 3. The number of amides is 1. The van der Waals surface area contributed by atoms with Gasteiger partial charge >= 0.3 is 0 Å². The van der Waals surface area contributed by atoms with E-state index in [1.807, 2.05) is 0 Å². The number of rotatable bonds is 3. The highest BCUT2D eigenvalue weighted by molar-refractivity contribution is 7.98. The topological polar surface area (TPSA) is 36.1 Å². The average Bonchev–Trinajstić information content (AvgIpc) is 3.47. The molecule has 3 aromatic rings. The molecular formula is C22H22N2OS. The summed E-state index contributed by atoms with van der Waals surface area (Å²) in [6.45, 7) is 0.805. The van der Waals surface area contributed by atoms with E-state index in [1.165, 1.54) is 32.6 Å². The normalized spacial score (nSPS) is 19.6. The van der Waals surface area contributed by atoms with Gasteiger partial charge in [-0.05, 0) is 54.8 Å². The number of H-pyrrole nitrogens is 1. The largest absolute Gasteiger partial charge is 0.356 e. The van der Waals surface area contributed by atoms with Crippen molar-refractivity contribution in [3.05, 3.63) is 65.4 Å². The summed E-state index contributed by atoms with van der Waals surface area (Å²) in [5.41, 5.74) is 4.94. The number of thioether (sulfide) groups is 1. The van der Waals surface area contributed by atoms with Gasteiger partial charge in [-0.25, -0.2) is 0 Å². The third-order valence-corrected chi connectivity index (χ3v) is 6.42. The van der Waals surface area contributed by atoms with Crippen LogP contribution in [0.25, 0.3) is 10.9 Å². The quantitative estimate of drug-likeness (QED) is 0.681. The highest BCUT2D eigenvalue weighted by Gasteiger charge is 2.40. The second kappa shape index (κ2) is 6.20. The van der Waals surface area contributed by atoms with E-state index in [9.17, 15) is 4.79 Å². The Balaban J connectivity index is 1.65. The van der Waals surface area contributed by atoms with Gasteiger partial charge in [0.2, 0.25) is 5.91 Å². The molecule has 1 atom stereocenters. The van der Waals surface area contributed by atoms with Crippen molar-refractivity contribution in [2.45, 2.75) is 30.2 Å². The molecule has 3 nitrogen and oxygen atoms in total. The summed E-state index contributed by atoms with van der Waals surface area (Å²) in [5.74, 6) is 0.571. The van der Waals surface area contributed by atoms with Gasteiger partial charge in [-0.3, -0.25) is 4.79 Å². The summed E-state index contributed by atoms with van der Waals surface area (Å²) in [6, 6.07) is 17.2. The maximum absolute atomic E-state index is 13.0. The molecule has 2 heterocycles. The minimum Gasteiger partial charge on any atom is -0.356 e. The van der Waals surface area contributed by atoms with Crippen molar-refractivity contribution in [3.8, 4) is 0 Å². The Morgan fingerprint density at radius 2 is 1.88 bits per heavy atom. The number of hydrogen-bond donors (Lipinski definition) is 1. The van der Waals surface area contributed by atoms with Gasteiger partial charge in [-0.2, -0.15) is 0 Å². The maximum Gasteiger partial charge on any atom is 0.226 e. The fourth-order valence-corrected chi connectivity index (χ4v) is 4.58. The van der Waals surface area contributed by atoms with Crippen LogP contribution >= 0.6 is 11.8 Å². The van der Waals surface area contributed by atoms with E-state index >= 15 is 0 Å². The van der Waals surface area contributed by atoms with E-state index in [2.05, 4.69) is 64.7 Å². The van der Waals surface area contributed by atoms with Crippen LogP contribution in [-0.4, -0.2) is 28.6 Å². The number of carbonyl (C=O) groups is 1. The molecule has 5 rings (SSSR count). The molecule has 0 saturated heterocycles. The van der Waals surface area contributed by atoms with Crippen molar-refractivity contribution >= 4 is 28.6 Å². The summed E-state index contributed by atoms with van der Waals surface area (Å²) >= 11 is 1.75. The molecule has 1 aliphatic carbocycles. The van der Waals surface area contributed by atoms with Crippen LogP contribution in [-0.2, 0) is 11.2 Å². The average molecular weight is 362 g/mol. The van der Waals surface area contributed by atoms with E-state index < -0.39 is 0 Å². The molecule has 1 fully saturated rings. The van der Waals surface area contributed by atoms with Crippen molar-refractivity contribution in [2.75, 3.05) is 12.8 Å². The minimum absolute atomic E-state index is 0.00449. The smallest absolute Gasteiger partial charge is 0.226 e. The lowest BCUT2D eigenvalue weighted by atomic mass is 9.92. The Kier molecular flexibility index (Phi) is 3.82. The number of carbonyl (C=O) groups excluding carboxylic acids is 1. The van der Waals surface area contributed by atoms with E-state index in [0.29, 0.717) is 5.91 Å². The van der Waals surface area contributed by atoms with Crippen molar-refractivity contribution in [1.29, 1.82) is 0 Å². The molecule has 2 aromatic carbocycles. The Hall–Kier alpha value is -2.20. The fraction of sp³-hybridized carbons (Fsp3) is 0.318. The van der Waals surface area contributed by atoms with Gasteiger partial charge < -0.3 is 9.88 Å². The van der Waals surface area contributed by atoms with Crippen molar-refractivity contribution in [1.82, 2.24) is 9.88 Å². The predicted octanol–water partition coefficient (Wildman–Crippen LogP) is 4.77. The van der Waals surface area contributed by atoms with E-state index in [0.717, 1.165) is 25.8 Å². The number of hydrogen-bond acceptors (Lipinski definition) is 2. The van der Waals surface area contributed by atoms with Crippen molar-refractivity contribution in [2.24, 2.45) is 5.92 Å². The Morgan fingerprint density at radius 1 is 1.12 bits per heavy atom. The first kappa shape index (κ1) is 16.0. The number of benzene rings is 2. The lowest BCUT2D eigenvalue weighted by Gasteiger charge is -2.36. The van der Waals surface area contributed by atoms with Gasteiger partial charge in [0.15, 0.2) is 0 Å². The zero-order chi connectivity index (χ0) is 17.7. The summed E-state index contributed by atoms with van der Waals surface area (Å²) in [7, 11) is 0. The van der Waals surface area contributed by atoms with E-state index in [1.54, 1.807) is 11.8 Å². The van der Waals surface area contributed by atoms with Gasteiger partial charge in [-0.15, -0.1) is 11.8 Å². The van der Waals surface area contributed by atoms with Crippen LogP contribution in [0.4, 0.5) is 0 Å². The van der Waals surface area contributed by atoms with Crippen LogP contribution in [0.2, 0.25) is 0 Å². The highest BCUT2D eigenvalue weighted by atomic mass is 32.2. The molecule has 0 bridgehead atoms. The lowest BCUT2D eigenvalue weighted by molar-refractivity contribution is -0.134. The molecule has 1 aromatic heterocycles. The number of nitrogens with one attached hydrogen (secondary N) is 1. The van der Waals surface area contributed by atoms with Gasteiger partial charge in [0.1, 0.15) is 0 Å². The summed E-state index contributed by atoms with van der Waals surface area (Å²) in [4.78, 5) is 20.0. The molecule has 0 radical (unpaired) electrons. The molecule has 1 amide bonds. The highest BCUT2D eigenvalue weighted by Crippen LogP contribution is 2.42. The minimum atomic E-state index is -0.00449. The molecule has 0 unspecified atom stereocenters. The maximum atomic E-state index is 13.0. The number of nitrogens with zero attached hydrogens (tertiary/aromatic N) is 1. The van der Waals surface area contributed by atoms with Crippen molar-refractivity contribution < 1.29 is 4.79 Å².